The van der Waals surface area contributed by atoms with Crippen molar-refractivity contribution in [2.45, 2.75) is 58.3 Å². The number of aromatic nitrogens is 2. The number of hydrogen-bond acceptors (Lipinski definition) is 8. The summed E-state index contributed by atoms with van der Waals surface area (Å²) in [6.07, 6.45) is 8.09. The van der Waals surface area contributed by atoms with E-state index in [2.05, 4.69) is 15.3 Å². The second kappa shape index (κ2) is 16.1. The Balaban J connectivity index is 1.63. The normalized spacial score (nSPS) is 20.2. The van der Waals surface area contributed by atoms with Gasteiger partial charge in [-0.25, -0.2) is 0 Å². The molecule has 4 rings (SSSR count). The van der Waals surface area contributed by atoms with Gasteiger partial charge in [-0.1, -0.05) is 6.92 Å². The van der Waals surface area contributed by atoms with Crippen LogP contribution >= 0.6 is 0 Å². The first-order valence-corrected chi connectivity index (χ1v) is 15.4. The zero-order valence-corrected chi connectivity index (χ0v) is 26.4. The van der Waals surface area contributed by atoms with Gasteiger partial charge in [0.05, 0.1) is 30.4 Å². The van der Waals surface area contributed by atoms with Crippen LogP contribution in [0.3, 0.4) is 0 Å². The molecule has 0 spiro atoms. The van der Waals surface area contributed by atoms with E-state index in [1.807, 2.05) is 13.8 Å². The number of rotatable bonds is 7. The van der Waals surface area contributed by atoms with Gasteiger partial charge in [-0.3, -0.25) is 24.4 Å². The molecule has 0 bridgehead atoms. The number of benzene rings is 1. The minimum atomic E-state index is -0.523. The van der Waals surface area contributed by atoms with Crippen LogP contribution in [0.1, 0.15) is 71.1 Å². The zero-order valence-electron chi connectivity index (χ0n) is 26.4. The van der Waals surface area contributed by atoms with Crippen molar-refractivity contribution in [3.63, 3.8) is 0 Å². The summed E-state index contributed by atoms with van der Waals surface area (Å²) in [5, 5.41) is 13.0. The van der Waals surface area contributed by atoms with Crippen molar-refractivity contribution >= 4 is 23.4 Å². The molecule has 0 radical (unpaired) electrons. The van der Waals surface area contributed by atoms with Gasteiger partial charge >= 0.3 is 0 Å². The Labute approximate surface area is 264 Å². The SMILES string of the molecule is C[C@@H]1CCCCO[C@@H](CN(C)C(=O)c2ccncc2)[C@H](C)CN([C@H](C)CO)C(=O)c2cc(NC(=O)c3ccncc3)ccc2O1. The highest BCUT2D eigenvalue weighted by Gasteiger charge is 2.31. The fourth-order valence-corrected chi connectivity index (χ4v) is 5.24. The van der Waals surface area contributed by atoms with Gasteiger partial charge in [0.2, 0.25) is 0 Å². The lowest BCUT2D eigenvalue weighted by Crippen LogP contribution is -2.48. The van der Waals surface area contributed by atoms with Crippen molar-refractivity contribution < 1.29 is 29.0 Å². The van der Waals surface area contributed by atoms with Gasteiger partial charge in [0.25, 0.3) is 17.7 Å². The maximum absolute atomic E-state index is 14.3. The molecular weight excluding hydrogens is 574 g/mol. The smallest absolute Gasteiger partial charge is 0.258 e. The van der Waals surface area contributed by atoms with Gasteiger partial charge in [-0.05, 0) is 75.6 Å². The number of ether oxygens (including phenoxy) is 2. The lowest BCUT2D eigenvalue weighted by atomic mass is 10.0. The molecule has 45 heavy (non-hydrogen) atoms. The fourth-order valence-electron chi connectivity index (χ4n) is 5.24. The van der Waals surface area contributed by atoms with Gasteiger partial charge in [-0.15, -0.1) is 0 Å². The highest BCUT2D eigenvalue weighted by Crippen LogP contribution is 2.29. The molecule has 4 atom stereocenters. The quantitative estimate of drug-likeness (QED) is 0.401. The minimum Gasteiger partial charge on any atom is -0.490 e. The van der Waals surface area contributed by atoms with Crippen molar-refractivity contribution in [1.29, 1.82) is 0 Å². The van der Waals surface area contributed by atoms with Crippen LogP contribution in [0.5, 0.6) is 5.75 Å². The summed E-state index contributed by atoms with van der Waals surface area (Å²) < 4.78 is 12.6. The van der Waals surface area contributed by atoms with Gasteiger partial charge < -0.3 is 29.7 Å². The van der Waals surface area contributed by atoms with Gasteiger partial charge in [0, 0.05) is 74.3 Å². The number of carbonyl (C=O) groups is 3. The number of nitrogens with one attached hydrogen (secondary N) is 1. The molecule has 2 N–H and O–H groups in total. The van der Waals surface area contributed by atoms with Crippen molar-refractivity contribution in [1.82, 2.24) is 19.8 Å². The summed E-state index contributed by atoms with van der Waals surface area (Å²) >= 11 is 0. The monoisotopic (exact) mass is 617 g/mol. The first-order valence-electron chi connectivity index (χ1n) is 15.4. The third-order valence-corrected chi connectivity index (χ3v) is 7.98. The van der Waals surface area contributed by atoms with Crippen LogP contribution in [0.4, 0.5) is 5.69 Å². The van der Waals surface area contributed by atoms with E-state index < -0.39 is 6.04 Å². The van der Waals surface area contributed by atoms with Crippen molar-refractivity contribution in [3.8, 4) is 5.75 Å². The molecule has 240 valence electrons. The predicted molar refractivity (Wildman–Crippen MR) is 170 cm³/mol. The molecule has 0 saturated heterocycles. The molecule has 0 saturated carbocycles. The average molecular weight is 618 g/mol. The van der Waals surface area contributed by atoms with Crippen LogP contribution in [0.2, 0.25) is 0 Å². The molecule has 1 aliphatic rings. The molecule has 0 aliphatic carbocycles. The van der Waals surface area contributed by atoms with Crippen LogP contribution in [-0.2, 0) is 4.74 Å². The Hall–Kier alpha value is -4.35. The van der Waals surface area contributed by atoms with Crippen LogP contribution < -0.4 is 10.1 Å². The van der Waals surface area contributed by atoms with Crippen molar-refractivity contribution in [2.75, 3.05) is 38.7 Å². The highest BCUT2D eigenvalue weighted by atomic mass is 16.5. The topological polar surface area (TPSA) is 134 Å². The molecule has 3 amide bonds. The molecule has 3 aromatic rings. The van der Waals surface area contributed by atoms with E-state index in [4.69, 9.17) is 9.47 Å². The van der Waals surface area contributed by atoms with Crippen molar-refractivity contribution in [3.05, 3.63) is 83.9 Å². The number of fused-ring (bicyclic) bond motifs is 1. The first-order chi connectivity index (χ1) is 21.7. The Morgan fingerprint density at radius 1 is 1.04 bits per heavy atom. The van der Waals surface area contributed by atoms with E-state index in [1.54, 1.807) is 78.6 Å². The molecule has 11 heteroatoms. The number of carbonyl (C=O) groups excluding carboxylic acids is 3. The number of aliphatic hydroxyl groups is 1. The number of hydrogen-bond donors (Lipinski definition) is 2. The van der Waals surface area contributed by atoms with Crippen LogP contribution in [0, 0.1) is 5.92 Å². The molecule has 3 heterocycles. The molecule has 1 aromatic carbocycles. The Bertz CT molecular complexity index is 1420. The lowest BCUT2D eigenvalue weighted by molar-refractivity contribution is -0.0149. The predicted octanol–water partition coefficient (Wildman–Crippen LogP) is 4.30. The molecule has 1 aliphatic heterocycles. The number of anilines is 1. The summed E-state index contributed by atoms with van der Waals surface area (Å²) in [7, 11) is 1.74. The van der Waals surface area contributed by atoms with E-state index in [1.165, 1.54) is 12.4 Å². The average Bonchev–Trinajstić information content (AvgIpc) is 3.06. The largest absolute Gasteiger partial charge is 0.490 e. The Kier molecular flexibility index (Phi) is 12.0. The Morgan fingerprint density at radius 3 is 2.38 bits per heavy atom. The molecule has 2 aromatic heterocycles. The summed E-state index contributed by atoms with van der Waals surface area (Å²) in [5.41, 5.74) is 1.68. The number of likely N-dealkylation sites (N-methyl/N-ethyl adjacent to an activating group) is 1. The lowest BCUT2D eigenvalue weighted by Gasteiger charge is -2.36. The standard InChI is InChI=1S/C34H43N5O6/c1-23-20-39(24(2)22-40)34(43)29-19-28(37-32(41)26-10-14-35-15-11-26)8-9-30(29)45-25(3)7-5-6-18-44-31(23)21-38(4)33(42)27-12-16-36-17-13-27/h8-17,19,23-25,31,40H,5-7,18,20-22H2,1-4H3,(H,37,41)/t23-,24-,25-,31+/m1/s1. The van der Waals surface area contributed by atoms with E-state index >= 15 is 0 Å². The summed E-state index contributed by atoms with van der Waals surface area (Å²) in [6, 6.07) is 11.1. The van der Waals surface area contributed by atoms with Crippen molar-refractivity contribution in [2.24, 2.45) is 5.92 Å². The van der Waals surface area contributed by atoms with Crippen LogP contribution in [-0.4, -0.2) is 94.2 Å². The molecule has 11 nitrogen and oxygen atoms in total. The number of aliphatic hydroxyl groups excluding tert-OH is 1. The van der Waals surface area contributed by atoms with E-state index in [0.717, 1.165) is 19.3 Å². The summed E-state index contributed by atoms with van der Waals surface area (Å²) in [4.78, 5) is 51.5. The minimum absolute atomic E-state index is 0.148. The number of pyridine rings is 2. The molecular formula is C34H43N5O6. The van der Waals surface area contributed by atoms with Gasteiger partial charge in [-0.2, -0.15) is 0 Å². The van der Waals surface area contributed by atoms with E-state index in [0.29, 0.717) is 35.7 Å². The second-order valence-corrected chi connectivity index (χ2v) is 11.6. The van der Waals surface area contributed by atoms with E-state index in [9.17, 15) is 19.5 Å². The van der Waals surface area contributed by atoms with Gasteiger partial charge in [0.15, 0.2) is 0 Å². The second-order valence-electron chi connectivity index (χ2n) is 11.6. The zero-order chi connectivity index (χ0) is 32.3. The number of nitrogens with zero attached hydrogens (tertiary/aromatic N) is 4. The summed E-state index contributed by atoms with van der Waals surface area (Å²) in [5.74, 6) is -0.617. The fraction of sp³-hybridized carbons (Fsp3) is 0.441. The van der Waals surface area contributed by atoms with Gasteiger partial charge in [0.1, 0.15) is 5.75 Å². The number of amides is 3. The first kappa shape index (κ1) is 33.5. The maximum atomic E-state index is 14.3. The maximum Gasteiger partial charge on any atom is 0.258 e. The summed E-state index contributed by atoms with van der Waals surface area (Å²) in [6.45, 7) is 6.54. The highest BCUT2D eigenvalue weighted by molar-refractivity contribution is 6.05. The van der Waals surface area contributed by atoms with Crippen LogP contribution in [0.25, 0.3) is 0 Å². The molecule has 0 unspecified atom stereocenters. The van der Waals surface area contributed by atoms with E-state index in [-0.39, 0.29) is 54.6 Å². The third kappa shape index (κ3) is 9.09. The molecule has 0 fully saturated rings. The third-order valence-electron chi connectivity index (χ3n) is 7.98. The van der Waals surface area contributed by atoms with Crippen LogP contribution in [0.15, 0.2) is 67.3 Å². The Morgan fingerprint density at radius 2 is 1.71 bits per heavy atom.